The number of anilines is 1. The van der Waals surface area contributed by atoms with Gasteiger partial charge < -0.3 is 5.32 Å². The monoisotopic (exact) mass is 484 g/mol. The number of halogens is 1. The van der Waals surface area contributed by atoms with Gasteiger partial charge in [-0.3, -0.25) is 9.36 Å². The zero-order valence-corrected chi connectivity index (χ0v) is 18.7. The number of carbonyl (C=O) groups excluding carboxylic acids is 1. The van der Waals surface area contributed by atoms with Crippen LogP contribution in [0.3, 0.4) is 0 Å². The maximum absolute atomic E-state index is 12.4. The molecule has 2 heterocycles. The van der Waals surface area contributed by atoms with Crippen molar-refractivity contribution >= 4 is 50.6 Å². The van der Waals surface area contributed by atoms with Crippen LogP contribution in [-0.4, -0.2) is 26.4 Å². The van der Waals surface area contributed by atoms with E-state index in [9.17, 15) is 4.79 Å². The molecule has 146 valence electrons. The van der Waals surface area contributed by atoms with Crippen molar-refractivity contribution in [2.45, 2.75) is 12.1 Å². The molecule has 1 amide bonds. The number of hydrogen-bond acceptors (Lipinski definition) is 5. The van der Waals surface area contributed by atoms with E-state index in [1.54, 1.807) is 11.3 Å². The zero-order valence-electron chi connectivity index (χ0n) is 15.5. The van der Waals surface area contributed by atoms with Crippen molar-refractivity contribution in [3.05, 3.63) is 76.1 Å². The van der Waals surface area contributed by atoms with E-state index < -0.39 is 0 Å². The first-order valence-electron chi connectivity index (χ1n) is 8.85. The molecule has 2 aromatic carbocycles. The van der Waals surface area contributed by atoms with Crippen LogP contribution < -0.4 is 5.32 Å². The molecule has 0 unspecified atom stereocenters. The van der Waals surface area contributed by atoms with E-state index >= 15 is 0 Å². The molecule has 0 aliphatic carbocycles. The first-order valence-corrected chi connectivity index (χ1v) is 11.5. The highest BCUT2D eigenvalue weighted by atomic mass is 79.9. The number of thioether (sulfide) groups is 1. The third kappa shape index (κ3) is 4.77. The summed E-state index contributed by atoms with van der Waals surface area (Å²) < 4.78 is 2.97. The molecular formula is C21H17BrN4OS2. The number of thiophene rings is 1. The summed E-state index contributed by atoms with van der Waals surface area (Å²) in [4.78, 5) is 13.4. The Hall–Kier alpha value is -2.42. The minimum atomic E-state index is -0.0894. The van der Waals surface area contributed by atoms with Gasteiger partial charge in [0.05, 0.1) is 10.6 Å². The SMILES string of the molecule is Cc1ccc(-n2c(SCC(=O)Nc3ccc(Br)cc3)nnc2-c2cccs2)cc1. The number of nitrogens with one attached hydrogen (secondary N) is 1. The number of aromatic nitrogens is 3. The minimum absolute atomic E-state index is 0.0894. The van der Waals surface area contributed by atoms with Crippen LogP contribution in [0.5, 0.6) is 0 Å². The summed E-state index contributed by atoms with van der Waals surface area (Å²) in [5.41, 5.74) is 2.92. The van der Waals surface area contributed by atoms with Crippen LogP contribution in [0.4, 0.5) is 5.69 Å². The number of nitrogens with zero attached hydrogens (tertiary/aromatic N) is 3. The second-order valence-electron chi connectivity index (χ2n) is 6.30. The summed E-state index contributed by atoms with van der Waals surface area (Å²) in [5.74, 6) is 0.929. The van der Waals surface area contributed by atoms with Gasteiger partial charge in [-0.2, -0.15) is 0 Å². The van der Waals surface area contributed by atoms with E-state index in [-0.39, 0.29) is 11.7 Å². The van der Waals surface area contributed by atoms with Crippen LogP contribution in [0.2, 0.25) is 0 Å². The first-order chi connectivity index (χ1) is 14.1. The highest BCUT2D eigenvalue weighted by Gasteiger charge is 2.18. The predicted octanol–water partition coefficient (Wildman–Crippen LogP) is 5.80. The summed E-state index contributed by atoms with van der Waals surface area (Å²) in [6, 6.07) is 19.7. The van der Waals surface area contributed by atoms with Crippen molar-refractivity contribution in [1.82, 2.24) is 14.8 Å². The standard InChI is InChI=1S/C21H17BrN4OS2/c1-14-4-10-17(11-5-14)26-20(18-3-2-12-28-18)24-25-21(26)29-13-19(27)23-16-8-6-15(22)7-9-16/h2-12H,13H2,1H3,(H,23,27). The van der Waals surface area contributed by atoms with Crippen LogP contribution in [0.25, 0.3) is 16.4 Å². The summed E-state index contributed by atoms with van der Waals surface area (Å²) >= 11 is 6.37. The van der Waals surface area contributed by atoms with Gasteiger partial charge in [0.1, 0.15) is 0 Å². The summed E-state index contributed by atoms with van der Waals surface area (Å²) in [7, 11) is 0. The molecule has 0 aliphatic rings. The van der Waals surface area contributed by atoms with Gasteiger partial charge in [0, 0.05) is 15.8 Å². The van der Waals surface area contributed by atoms with Gasteiger partial charge >= 0.3 is 0 Å². The normalized spacial score (nSPS) is 10.8. The molecule has 2 aromatic heterocycles. The topological polar surface area (TPSA) is 59.8 Å². The third-order valence-electron chi connectivity index (χ3n) is 4.13. The van der Waals surface area contributed by atoms with E-state index in [1.807, 2.05) is 58.5 Å². The van der Waals surface area contributed by atoms with Gasteiger partial charge in [0.2, 0.25) is 5.91 Å². The second kappa shape index (κ2) is 8.94. The molecular weight excluding hydrogens is 468 g/mol. The molecule has 1 N–H and O–H groups in total. The average Bonchev–Trinajstić information content (AvgIpc) is 3.38. The number of hydrogen-bond donors (Lipinski definition) is 1. The molecule has 0 radical (unpaired) electrons. The highest BCUT2D eigenvalue weighted by molar-refractivity contribution is 9.10. The Kier molecular flexibility index (Phi) is 6.13. The fraction of sp³-hybridized carbons (Fsp3) is 0.0952. The maximum atomic E-state index is 12.4. The molecule has 8 heteroatoms. The Bertz CT molecular complexity index is 1110. The summed E-state index contributed by atoms with van der Waals surface area (Å²) in [6.07, 6.45) is 0. The van der Waals surface area contributed by atoms with E-state index in [0.29, 0.717) is 5.16 Å². The Labute approximate surface area is 185 Å². The second-order valence-corrected chi connectivity index (χ2v) is 9.10. The van der Waals surface area contributed by atoms with Gasteiger partial charge in [-0.05, 0) is 54.8 Å². The minimum Gasteiger partial charge on any atom is -0.325 e. The predicted molar refractivity (Wildman–Crippen MR) is 123 cm³/mol. The number of benzene rings is 2. The lowest BCUT2D eigenvalue weighted by Crippen LogP contribution is -2.14. The molecule has 0 bridgehead atoms. The average molecular weight is 485 g/mol. The molecule has 4 rings (SSSR count). The Morgan fingerprint density at radius 3 is 2.55 bits per heavy atom. The molecule has 0 saturated heterocycles. The van der Waals surface area contributed by atoms with Gasteiger partial charge in [-0.15, -0.1) is 21.5 Å². The van der Waals surface area contributed by atoms with Gasteiger partial charge in [-0.25, -0.2) is 0 Å². The van der Waals surface area contributed by atoms with Crippen molar-refractivity contribution in [3.8, 4) is 16.4 Å². The van der Waals surface area contributed by atoms with Crippen molar-refractivity contribution in [3.63, 3.8) is 0 Å². The van der Waals surface area contributed by atoms with E-state index in [2.05, 4.69) is 50.5 Å². The van der Waals surface area contributed by atoms with Crippen LogP contribution in [0.15, 0.2) is 75.7 Å². The van der Waals surface area contributed by atoms with Crippen LogP contribution in [-0.2, 0) is 4.79 Å². The fourth-order valence-corrected chi connectivity index (χ4v) is 4.43. The number of carbonyl (C=O) groups is 1. The van der Waals surface area contributed by atoms with Crippen LogP contribution >= 0.6 is 39.0 Å². The quantitative estimate of drug-likeness (QED) is 0.351. The molecule has 4 aromatic rings. The van der Waals surface area contributed by atoms with Gasteiger partial charge in [0.25, 0.3) is 0 Å². The van der Waals surface area contributed by atoms with Crippen molar-refractivity contribution in [2.24, 2.45) is 0 Å². The molecule has 0 fully saturated rings. The molecule has 29 heavy (non-hydrogen) atoms. The number of aryl methyl sites for hydroxylation is 1. The molecule has 0 aliphatic heterocycles. The molecule has 0 spiro atoms. The van der Waals surface area contributed by atoms with Crippen molar-refractivity contribution in [2.75, 3.05) is 11.1 Å². The number of amides is 1. The van der Waals surface area contributed by atoms with Gasteiger partial charge in [-0.1, -0.05) is 51.5 Å². The van der Waals surface area contributed by atoms with E-state index in [1.165, 1.54) is 17.3 Å². The van der Waals surface area contributed by atoms with Crippen molar-refractivity contribution in [1.29, 1.82) is 0 Å². The van der Waals surface area contributed by atoms with Gasteiger partial charge in [0.15, 0.2) is 11.0 Å². The zero-order chi connectivity index (χ0) is 20.2. The largest absolute Gasteiger partial charge is 0.325 e. The first kappa shape index (κ1) is 19.9. The lowest BCUT2D eigenvalue weighted by atomic mass is 10.2. The third-order valence-corrected chi connectivity index (χ3v) is 6.45. The Morgan fingerprint density at radius 2 is 1.86 bits per heavy atom. The summed E-state index contributed by atoms with van der Waals surface area (Å²) in [6.45, 7) is 2.05. The summed E-state index contributed by atoms with van der Waals surface area (Å²) in [5, 5.41) is 14.4. The molecule has 0 saturated carbocycles. The lowest BCUT2D eigenvalue weighted by Gasteiger charge is -2.10. The molecule has 5 nitrogen and oxygen atoms in total. The molecule has 0 atom stereocenters. The van der Waals surface area contributed by atoms with E-state index in [0.717, 1.165) is 26.5 Å². The van der Waals surface area contributed by atoms with E-state index in [4.69, 9.17) is 0 Å². The highest BCUT2D eigenvalue weighted by Crippen LogP contribution is 2.30. The van der Waals surface area contributed by atoms with Crippen LogP contribution in [0, 0.1) is 6.92 Å². The smallest absolute Gasteiger partial charge is 0.234 e. The van der Waals surface area contributed by atoms with Crippen LogP contribution in [0.1, 0.15) is 5.56 Å². The maximum Gasteiger partial charge on any atom is 0.234 e. The Balaban J connectivity index is 1.56. The van der Waals surface area contributed by atoms with Crippen molar-refractivity contribution < 1.29 is 4.79 Å². The number of rotatable bonds is 6. The Morgan fingerprint density at radius 1 is 1.10 bits per heavy atom. The fourth-order valence-electron chi connectivity index (χ4n) is 2.72. The lowest BCUT2D eigenvalue weighted by molar-refractivity contribution is -0.113.